The number of aryl methyl sites for hydroxylation is 1. The first-order valence-corrected chi connectivity index (χ1v) is 7.31. The van der Waals surface area contributed by atoms with E-state index < -0.39 is 0 Å². The van der Waals surface area contributed by atoms with E-state index in [0.29, 0.717) is 16.6 Å². The number of hydrogen-bond donors (Lipinski definition) is 2. The monoisotopic (exact) mass is 307 g/mol. The summed E-state index contributed by atoms with van der Waals surface area (Å²) in [6.07, 6.45) is 1.65. The molecule has 6 heteroatoms. The van der Waals surface area contributed by atoms with Gasteiger partial charge < -0.3 is 11.1 Å². The number of nitrogens with zero attached hydrogens (tertiary/aromatic N) is 1. The summed E-state index contributed by atoms with van der Waals surface area (Å²) in [6, 6.07) is 8.91. The van der Waals surface area contributed by atoms with Crippen molar-refractivity contribution in [3.05, 3.63) is 47.1 Å². The average molecular weight is 308 g/mol. The molecule has 0 unspecified atom stereocenters. The second-order valence-electron chi connectivity index (χ2n) is 4.21. The molecule has 0 radical (unpaired) electrons. The lowest BCUT2D eigenvalue weighted by molar-refractivity contribution is -0.113. The quantitative estimate of drug-likeness (QED) is 0.850. The molecule has 20 heavy (non-hydrogen) atoms. The highest BCUT2D eigenvalue weighted by atomic mass is 35.5. The Morgan fingerprint density at radius 3 is 2.85 bits per heavy atom. The van der Waals surface area contributed by atoms with Gasteiger partial charge in [0.15, 0.2) is 0 Å². The van der Waals surface area contributed by atoms with Gasteiger partial charge in [0.05, 0.1) is 5.75 Å². The van der Waals surface area contributed by atoms with Crippen LogP contribution >= 0.6 is 23.4 Å². The molecule has 104 valence electrons. The lowest BCUT2D eigenvalue weighted by Crippen LogP contribution is -2.14. The molecule has 4 nitrogen and oxygen atoms in total. The molecule has 0 aliphatic rings. The lowest BCUT2D eigenvalue weighted by atomic mass is 10.2. The Morgan fingerprint density at radius 2 is 2.20 bits per heavy atom. The summed E-state index contributed by atoms with van der Waals surface area (Å²) in [5, 5.41) is 3.51. The van der Waals surface area contributed by atoms with Crippen molar-refractivity contribution in [2.24, 2.45) is 0 Å². The van der Waals surface area contributed by atoms with Gasteiger partial charge in [-0.2, -0.15) is 0 Å². The van der Waals surface area contributed by atoms with Crippen LogP contribution in [0.25, 0.3) is 0 Å². The van der Waals surface area contributed by atoms with Crippen LogP contribution < -0.4 is 11.1 Å². The van der Waals surface area contributed by atoms with Crippen molar-refractivity contribution in [1.29, 1.82) is 0 Å². The number of pyridine rings is 1. The topological polar surface area (TPSA) is 68.0 Å². The Labute approximate surface area is 126 Å². The summed E-state index contributed by atoms with van der Waals surface area (Å²) in [5.74, 6) is 0.709. The number of halogens is 1. The first kappa shape index (κ1) is 14.7. The van der Waals surface area contributed by atoms with Crippen LogP contribution in [0, 0.1) is 6.92 Å². The summed E-state index contributed by atoms with van der Waals surface area (Å²) in [7, 11) is 0. The van der Waals surface area contributed by atoms with E-state index in [4.69, 9.17) is 17.3 Å². The fourth-order valence-electron chi connectivity index (χ4n) is 1.58. The van der Waals surface area contributed by atoms with E-state index >= 15 is 0 Å². The molecule has 0 aliphatic carbocycles. The molecule has 1 aromatic carbocycles. The van der Waals surface area contributed by atoms with E-state index in [1.54, 1.807) is 24.4 Å². The van der Waals surface area contributed by atoms with Crippen molar-refractivity contribution in [3.8, 4) is 0 Å². The van der Waals surface area contributed by atoms with Crippen molar-refractivity contribution in [1.82, 2.24) is 4.98 Å². The van der Waals surface area contributed by atoms with Crippen LogP contribution in [-0.2, 0) is 4.79 Å². The van der Waals surface area contributed by atoms with Gasteiger partial charge in [-0.1, -0.05) is 11.6 Å². The van der Waals surface area contributed by atoms with E-state index in [1.165, 1.54) is 11.8 Å². The largest absolute Gasteiger partial charge is 0.384 e. The zero-order valence-electron chi connectivity index (χ0n) is 10.9. The van der Waals surface area contributed by atoms with Gasteiger partial charge in [-0.15, -0.1) is 11.8 Å². The molecule has 1 heterocycles. The Morgan fingerprint density at radius 1 is 1.40 bits per heavy atom. The third-order valence-electron chi connectivity index (χ3n) is 2.59. The number of carbonyl (C=O) groups is 1. The Hall–Kier alpha value is -1.72. The highest BCUT2D eigenvalue weighted by Gasteiger charge is 2.06. The van der Waals surface area contributed by atoms with Crippen LogP contribution in [0.1, 0.15) is 5.56 Å². The number of benzene rings is 1. The predicted molar refractivity (Wildman–Crippen MR) is 84.2 cm³/mol. The number of rotatable bonds is 4. The van der Waals surface area contributed by atoms with Crippen LogP contribution in [0.2, 0.25) is 5.02 Å². The SMILES string of the molecule is Cc1cc(Cl)ccc1NC(=O)CSc1ccc(N)nc1. The van der Waals surface area contributed by atoms with E-state index in [-0.39, 0.29) is 5.91 Å². The standard InChI is InChI=1S/C14H14ClN3OS/c1-9-6-10(15)2-4-12(9)18-14(19)8-20-11-3-5-13(16)17-7-11/h2-7H,8H2,1H3,(H2,16,17)(H,18,19). The molecule has 0 bridgehead atoms. The molecule has 0 atom stereocenters. The van der Waals surface area contributed by atoms with Crippen LogP contribution in [0.3, 0.4) is 0 Å². The van der Waals surface area contributed by atoms with E-state index in [9.17, 15) is 4.79 Å². The minimum atomic E-state index is -0.0720. The van der Waals surface area contributed by atoms with Crippen LogP contribution in [0.4, 0.5) is 11.5 Å². The van der Waals surface area contributed by atoms with Gasteiger partial charge in [-0.05, 0) is 42.8 Å². The third-order valence-corrected chi connectivity index (χ3v) is 3.81. The first-order chi connectivity index (χ1) is 9.54. The number of aromatic nitrogens is 1. The van der Waals surface area contributed by atoms with E-state index in [0.717, 1.165) is 16.1 Å². The maximum Gasteiger partial charge on any atom is 0.234 e. The smallest absolute Gasteiger partial charge is 0.234 e. The summed E-state index contributed by atoms with van der Waals surface area (Å²) < 4.78 is 0. The van der Waals surface area contributed by atoms with Crippen molar-refractivity contribution >= 4 is 40.8 Å². The normalized spacial score (nSPS) is 10.3. The zero-order valence-corrected chi connectivity index (χ0v) is 12.5. The first-order valence-electron chi connectivity index (χ1n) is 5.95. The molecule has 0 aliphatic heterocycles. The second-order valence-corrected chi connectivity index (χ2v) is 5.70. The van der Waals surface area contributed by atoms with Gasteiger partial charge >= 0.3 is 0 Å². The van der Waals surface area contributed by atoms with Crippen LogP contribution in [-0.4, -0.2) is 16.6 Å². The lowest BCUT2D eigenvalue weighted by Gasteiger charge is -2.08. The molecule has 1 aromatic heterocycles. The molecular weight excluding hydrogens is 294 g/mol. The summed E-state index contributed by atoms with van der Waals surface area (Å²) in [6.45, 7) is 1.90. The zero-order chi connectivity index (χ0) is 14.5. The number of nitrogens with two attached hydrogens (primary N) is 1. The van der Waals surface area contributed by atoms with Crippen LogP contribution in [0.15, 0.2) is 41.4 Å². The van der Waals surface area contributed by atoms with E-state index in [2.05, 4.69) is 10.3 Å². The molecule has 0 spiro atoms. The second kappa shape index (κ2) is 6.63. The Balaban J connectivity index is 1.90. The highest BCUT2D eigenvalue weighted by molar-refractivity contribution is 8.00. The predicted octanol–water partition coefficient (Wildman–Crippen LogP) is 3.36. The van der Waals surface area contributed by atoms with Crippen molar-refractivity contribution in [3.63, 3.8) is 0 Å². The van der Waals surface area contributed by atoms with E-state index in [1.807, 2.05) is 19.1 Å². The maximum absolute atomic E-state index is 11.9. The van der Waals surface area contributed by atoms with Gasteiger partial charge in [0, 0.05) is 21.8 Å². The molecule has 0 saturated carbocycles. The molecule has 3 N–H and O–H groups in total. The molecular formula is C14H14ClN3OS. The Kier molecular flexibility index (Phi) is 4.87. The molecule has 1 amide bonds. The number of nitrogens with one attached hydrogen (secondary N) is 1. The highest BCUT2D eigenvalue weighted by Crippen LogP contribution is 2.21. The van der Waals surface area contributed by atoms with Gasteiger partial charge in [0.1, 0.15) is 5.82 Å². The molecule has 0 fully saturated rings. The molecule has 2 aromatic rings. The van der Waals surface area contributed by atoms with Gasteiger partial charge in [-0.3, -0.25) is 4.79 Å². The third kappa shape index (κ3) is 4.15. The van der Waals surface area contributed by atoms with Crippen molar-refractivity contribution in [2.75, 3.05) is 16.8 Å². The summed E-state index contributed by atoms with van der Waals surface area (Å²) in [5.41, 5.74) is 7.21. The summed E-state index contributed by atoms with van der Waals surface area (Å²) >= 11 is 7.28. The molecule has 2 rings (SSSR count). The number of nitrogen functional groups attached to an aromatic ring is 1. The molecule has 0 saturated heterocycles. The maximum atomic E-state index is 11.9. The van der Waals surface area contributed by atoms with Crippen molar-refractivity contribution < 1.29 is 4.79 Å². The van der Waals surface area contributed by atoms with Crippen molar-refractivity contribution in [2.45, 2.75) is 11.8 Å². The fraction of sp³-hybridized carbons (Fsp3) is 0.143. The number of amides is 1. The number of anilines is 2. The number of carbonyl (C=O) groups excluding carboxylic acids is 1. The van der Waals surface area contributed by atoms with Crippen LogP contribution in [0.5, 0.6) is 0 Å². The summed E-state index contributed by atoms with van der Waals surface area (Å²) in [4.78, 5) is 16.8. The minimum Gasteiger partial charge on any atom is -0.384 e. The number of thioether (sulfide) groups is 1. The minimum absolute atomic E-state index is 0.0720. The average Bonchev–Trinajstić information content (AvgIpc) is 2.41. The van der Waals surface area contributed by atoms with Gasteiger partial charge in [0.2, 0.25) is 5.91 Å². The number of hydrogen-bond acceptors (Lipinski definition) is 4. The fourth-order valence-corrected chi connectivity index (χ4v) is 2.47. The van der Waals surface area contributed by atoms with Gasteiger partial charge in [0.25, 0.3) is 0 Å². The Bertz CT molecular complexity index is 616. The van der Waals surface area contributed by atoms with Gasteiger partial charge in [-0.25, -0.2) is 4.98 Å².